The molecule has 0 spiro atoms. The van der Waals surface area contributed by atoms with Gasteiger partial charge >= 0.3 is 0 Å². The molecule has 2 nitrogen and oxygen atoms in total. The van der Waals surface area contributed by atoms with Crippen molar-refractivity contribution in [1.82, 2.24) is 0 Å². The molecule has 0 bridgehead atoms. The molecule has 0 aliphatic rings. The van der Waals surface area contributed by atoms with Crippen molar-refractivity contribution in [3.63, 3.8) is 0 Å². The van der Waals surface area contributed by atoms with Crippen molar-refractivity contribution in [2.75, 3.05) is 6.61 Å². The van der Waals surface area contributed by atoms with E-state index in [4.69, 9.17) is 0 Å². The number of benzene rings is 2. The molecule has 2 heteroatoms. The highest BCUT2D eigenvalue weighted by Crippen LogP contribution is 2.16. The summed E-state index contributed by atoms with van der Waals surface area (Å²) >= 11 is 0. The van der Waals surface area contributed by atoms with Gasteiger partial charge < -0.3 is 9.90 Å². The van der Waals surface area contributed by atoms with Crippen molar-refractivity contribution in [2.24, 2.45) is 0 Å². The Morgan fingerprint density at radius 1 is 1.11 bits per heavy atom. The maximum atomic E-state index is 10.8. The van der Waals surface area contributed by atoms with E-state index in [-0.39, 0.29) is 6.61 Å². The van der Waals surface area contributed by atoms with Crippen molar-refractivity contribution >= 4 is 18.4 Å². The maximum absolute atomic E-state index is 10.8. The topological polar surface area (TPSA) is 37.3 Å². The molecule has 2 aromatic rings. The number of aliphatic hydroxyl groups excluding tert-OH is 1. The van der Waals surface area contributed by atoms with Crippen LogP contribution < -0.4 is 10.4 Å². The van der Waals surface area contributed by atoms with E-state index >= 15 is 0 Å². The van der Waals surface area contributed by atoms with Crippen molar-refractivity contribution in [2.45, 2.75) is 6.42 Å². The molecule has 1 N–H and O–H groups in total. The minimum absolute atomic E-state index is 0.0809. The summed E-state index contributed by atoms with van der Waals surface area (Å²) in [7, 11) is 0. The first-order valence-electron chi connectivity index (χ1n) is 6.18. The Labute approximate surface area is 112 Å². The van der Waals surface area contributed by atoms with Gasteiger partial charge in [-0.15, -0.1) is 0 Å². The first-order chi connectivity index (χ1) is 9.27. The zero-order valence-electron chi connectivity index (χ0n) is 10.7. The van der Waals surface area contributed by atoms with Gasteiger partial charge in [-0.1, -0.05) is 55.1 Å². The molecule has 96 valence electrons. The second-order valence-corrected chi connectivity index (χ2v) is 4.32. The summed E-state index contributed by atoms with van der Waals surface area (Å²) in [4.78, 5) is 10.8. The monoisotopic (exact) mass is 252 g/mol. The fourth-order valence-electron chi connectivity index (χ4n) is 2.21. The average Bonchev–Trinajstić information content (AvgIpc) is 2.44. The molecule has 0 heterocycles. The molecular weight excluding hydrogens is 236 g/mol. The summed E-state index contributed by atoms with van der Waals surface area (Å²) in [6.45, 7) is 3.91. The molecule has 0 saturated heterocycles. The lowest BCUT2D eigenvalue weighted by Gasteiger charge is -2.10. The van der Waals surface area contributed by atoms with Gasteiger partial charge in [0.05, 0.1) is 6.61 Å². The predicted octanol–water partition coefficient (Wildman–Crippen LogP) is 1.03. The normalized spacial score (nSPS) is 12.1. The van der Waals surface area contributed by atoms with Gasteiger partial charge in [0.25, 0.3) is 0 Å². The highest BCUT2D eigenvalue weighted by molar-refractivity contribution is 5.71. The van der Waals surface area contributed by atoms with Crippen LogP contribution >= 0.6 is 0 Å². The fraction of sp³-hybridized carbons (Fsp3) is 0.118. The standard InChI is InChI=1S/C17H16O2/c1-13-6-2-4-8-15(13)17(12-19)16-9-5-3-7-14(16)10-11-18/h2-9,11,19H,1,10,12H2/b17-15-. The van der Waals surface area contributed by atoms with E-state index in [0.29, 0.717) is 6.42 Å². The lowest BCUT2D eigenvalue weighted by molar-refractivity contribution is -0.107. The van der Waals surface area contributed by atoms with Gasteiger partial charge in [-0.05, 0) is 27.1 Å². The number of hydrogen-bond donors (Lipinski definition) is 1. The molecule has 0 radical (unpaired) electrons. The quantitative estimate of drug-likeness (QED) is 0.825. The van der Waals surface area contributed by atoms with E-state index in [2.05, 4.69) is 6.58 Å². The summed E-state index contributed by atoms with van der Waals surface area (Å²) in [6, 6.07) is 15.3. The largest absolute Gasteiger partial charge is 0.392 e. The molecule has 0 aliphatic carbocycles. The second kappa shape index (κ2) is 6.12. The van der Waals surface area contributed by atoms with E-state index in [9.17, 15) is 9.90 Å². The smallest absolute Gasteiger partial charge is 0.124 e. The minimum atomic E-state index is -0.0809. The molecule has 0 fully saturated rings. The van der Waals surface area contributed by atoms with E-state index in [0.717, 1.165) is 33.4 Å². The number of aliphatic hydroxyl groups is 1. The molecule has 0 atom stereocenters. The van der Waals surface area contributed by atoms with Gasteiger partial charge in [0, 0.05) is 6.42 Å². The first-order valence-corrected chi connectivity index (χ1v) is 6.18. The number of hydrogen-bond acceptors (Lipinski definition) is 2. The van der Waals surface area contributed by atoms with Crippen molar-refractivity contribution in [3.8, 4) is 0 Å². The van der Waals surface area contributed by atoms with E-state index in [1.54, 1.807) is 0 Å². The second-order valence-electron chi connectivity index (χ2n) is 4.32. The van der Waals surface area contributed by atoms with Gasteiger partial charge in [-0.2, -0.15) is 0 Å². The lowest BCUT2D eigenvalue weighted by atomic mass is 9.96. The minimum Gasteiger partial charge on any atom is -0.392 e. The Bertz CT molecular complexity index is 686. The average molecular weight is 252 g/mol. The number of carbonyl (C=O) groups is 1. The van der Waals surface area contributed by atoms with Crippen LogP contribution in [0.2, 0.25) is 0 Å². The van der Waals surface area contributed by atoms with Crippen LogP contribution in [0.25, 0.3) is 12.2 Å². The molecule has 0 amide bonds. The highest BCUT2D eigenvalue weighted by atomic mass is 16.3. The van der Waals surface area contributed by atoms with Crippen LogP contribution in [0.5, 0.6) is 0 Å². The Kier molecular flexibility index (Phi) is 4.26. The first kappa shape index (κ1) is 13.2. The number of carbonyl (C=O) groups excluding carboxylic acids is 1. The molecular formula is C17H16O2. The number of rotatable bonds is 4. The van der Waals surface area contributed by atoms with Crippen LogP contribution in [0.4, 0.5) is 0 Å². The third kappa shape index (κ3) is 2.80. The molecule has 0 unspecified atom stereocenters. The van der Waals surface area contributed by atoms with Crippen LogP contribution in [-0.4, -0.2) is 18.0 Å². The molecule has 2 rings (SSSR count). The molecule has 0 saturated carbocycles. The predicted molar refractivity (Wildman–Crippen MR) is 77.0 cm³/mol. The van der Waals surface area contributed by atoms with Gasteiger partial charge in [-0.3, -0.25) is 0 Å². The van der Waals surface area contributed by atoms with E-state index < -0.39 is 0 Å². The Balaban J connectivity index is 2.75. The third-order valence-corrected chi connectivity index (χ3v) is 3.15. The van der Waals surface area contributed by atoms with Crippen LogP contribution in [0.1, 0.15) is 11.1 Å². The molecule has 2 aromatic carbocycles. The van der Waals surface area contributed by atoms with Gasteiger partial charge in [0.15, 0.2) is 0 Å². The molecule has 0 aromatic heterocycles. The van der Waals surface area contributed by atoms with Gasteiger partial charge in [-0.25, -0.2) is 0 Å². The van der Waals surface area contributed by atoms with E-state index in [1.165, 1.54) is 0 Å². The van der Waals surface area contributed by atoms with Crippen molar-refractivity contribution < 1.29 is 9.90 Å². The highest BCUT2D eigenvalue weighted by Gasteiger charge is 2.07. The Hall–Kier alpha value is -2.19. The Morgan fingerprint density at radius 2 is 1.79 bits per heavy atom. The SMILES string of the molecule is C=c1cccc/c1=C(\CO)c1ccccc1CC=O. The molecule has 0 aliphatic heterocycles. The third-order valence-electron chi connectivity index (χ3n) is 3.15. The van der Waals surface area contributed by atoms with Crippen LogP contribution in [0.3, 0.4) is 0 Å². The zero-order valence-corrected chi connectivity index (χ0v) is 10.7. The zero-order chi connectivity index (χ0) is 13.7. The molecule has 19 heavy (non-hydrogen) atoms. The summed E-state index contributed by atoms with van der Waals surface area (Å²) < 4.78 is 0. The van der Waals surface area contributed by atoms with Crippen LogP contribution in [0, 0.1) is 0 Å². The fourth-order valence-corrected chi connectivity index (χ4v) is 2.21. The van der Waals surface area contributed by atoms with Crippen molar-refractivity contribution in [1.29, 1.82) is 0 Å². The van der Waals surface area contributed by atoms with Gasteiger partial charge in [0.1, 0.15) is 6.29 Å². The summed E-state index contributed by atoms with van der Waals surface area (Å²) in [5.41, 5.74) is 2.64. The van der Waals surface area contributed by atoms with E-state index in [1.807, 2.05) is 48.5 Å². The lowest BCUT2D eigenvalue weighted by Crippen LogP contribution is -2.27. The summed E-state index contributed by atoms with van der Waals surface area (Å²) in [6.07, 6.45) is 1.23. The van der Waals surface area contributed by atoms with Crippen molar-refractivity contribution in [3.05, 3.63) is 70.1 Å². The Morgan fingerprint density at radius 3 is 2.47 bits per heavy atom. The van der Waals surface area contributed by atoms with Crippen LogP contribution in [0.15, 0.2) is 48.5 Å². The summed E-state index contributed by atoms with van der Waals surface area (Å²) in [5.74, 6) is 0. The summed E-state index contributed by atoms with van der Waals surface area (Å²) in [5, 5.41) is 11.5. The van der Waals surface area contributed by atoms with Crippen LogP contribution in [-0.2, 0) is 11.2 Å². The maximum Gasteiger partial charge on any atom is 0.124 e. The van der Waals surface area contributed by atoms with Gasteiger partial charge in [0.2, 0.25) is 0 Å². The number of aldehydes is 1.